The number of nitrogens with zero attached hydrogens (tertiary/aromatic N) is 3. The summed E-state index contributed by atoms with van der Waals surface area (Å²) in [4.78, 5) is 38.2. The van der Waals surface area contributed by atoms with E-state index in [4.69, 9.17) is 4.74 Å². The molecule has 0 aliphatic carbocycles. The molecule has 0 aliphatic heterocycles. The molecule has 1 amide bonds. The summed E-state index contributed by atoms with van der Waals surface area (Å²) in [7, 11) is 0. The monoisotopic (exact) mass is 419 g/mol. The maximum Gasteiger partial charge on any atom is 0.439 e. The maximum absolute atomic E-state index is 12.6. The highest BCUT2D eigenvalue weighted by atomic mass is 16.5. The average Bonchev–Trinajstić information content (AvgIpc) is 3.22. The SMILES string of the molecule is O=C(Nc1cccc(-c2noc(=O)[nH]2)c1)c1ccc(=O)n(CCOc2ccccc2)n1. The Hall–Kier alpha value is -4.47. The molecule has 4 rings (SSSR count). The molecule has 0 fully saturated rings. The van der Waals surface area contributed by atoms with Gasteiger partial charge in [0.05, 0.1) is 6.54 Å². The number of carbonyl (C=O) groups excluding carboxylic acids is 1. The Morgan fingerprint density at radius 1 is 1.06 bits per heavy atom. The number of anilines is 1. The zero-order chi connectivity index (χ0) is 21.6. The fourth-order valence-electron chi connectivity index (χ4n) is 2.79. The van der Waals surface area contributed by atoms with Gasteiger partial charge in [0.2, 0.25) is 0 Å². The largest absolute Gasteiger partial charge is 0.492 e. The van der Waals surface area contributed by atoms with Gasteiger partial charge in [-0.1, -0.05) is 35.5 Å². The van der Waals surface area contributed by atoms with Gasteiger partial charge in [-0.2, -0.15) is 5.10 Å². The Morgan fingerprint density at radius 2 is 1.90 bits per heavy atom. The third-order valence-electron chi connectivity index (χ3n) is 4.25. The van der Waals surface area contributed by atoms with E-state index >= 15 is 0 Å². The van der Waals surface area contributed by atoms with Crippen LogP contribution in [-0.4, -0.2) is 32.4 Å². The first-order chi connectivity index (χ1) is 15.1. The fourth-order valence-corrected chi connectivity index (χ4v) is 2.79. The van der Waals surface area contributed by atoms with Gasteiger partial charge in [0, 0.05) is 17.3 Å². The molecule has 0 spiro atoms. The van der Waals surface area contributed by atoms with Gasteiger partial charge in [0.15, 0.2) is 5.82 Å². The molecule has 0 saturated carbocycles. The van der Waals surface area contributed by atoms with E-state index in [2.05, 4.69) is 25.1 Å². The van der Waals surface area contributed by atoms with Crippen molar-refractivity contribution in [3.8, 4) is 17.1 Å². The van der Waals surface area contributed by atoms with Crippen LogP contribution in [0.4, 0.5) is 5.69 Å². The van der Waals surface area contributed by atoms with Crippen LogP contribution in [0.15, 0.2) is 80.8 Å². The summed E-state index contributed by atoms with van der Waals surface area (Å²) < 4.78 is 11.2. The van der Waals surface area contributed by atoms with E-state index in [0.29, 0.717) is 17.0 Å². The number of hydrogen-bond donors (Lipinski definition) is 2. The molecule has 0 bridgehead atoms. The van der Waals surface area contributed by atoms with E-state index in [0.717, 1.165) is 0 Å². The number of hydrogen-bond acceptors (Lipinski definition) is 7. The van der Waals surface area contributed by atoms with Crippen molar-refractivity contribution in [2.75, 3.05) is 11.9 Å². The molecule has 0 unspecified atom stereocenters. The van der Waals surface area contributed by atoms with Crippen molar-refractivity contribution in [3.05, 3.63) is 93.3 Å². The Kier molecular flexibility index (Phi) is 5.70. The fraction of sp³-hybridized carbons (Fsp3) is 0.0952. The van der Waals surface area contributed by atoms with Crippen molar-refractivity contribution in [1.82, 2.24) is 19.9 Å². The van der Waals surface area contributed by atoms with E-state index in [1.807, 2.05) is 30.3 Å². The lowest BCUT2D eigenvalue weighted by atomic mass is 10.2. The van der Waals surface area contributed by atoms with Crippen LogP contribution in [0.1, 0.15) is 10.5 Å². The molecule has 0 radical (unpaired) electrons. The van der Waals surface area contributed by atoms with Crippen molar-refractivity contribution in [1.29, 1.82) is 0 Å². The van der Waals surface area contributed by atoms with E-state index < -0.39 is 11.7 Å². The summed E-state index contributed by atoms with van der Waals surface area (Å²) in [5, 5.41) is 10.4. The summed E-state index contributed by atoms with van der Waals surface area (Å²) in [6.45, 7) is 0.407. The summed E-state index contributed by atoms with van der Waals surface area (Å²) in [6.07, 6.45) is 0. The van der Waals surface area contributed by atoms with Crippen LogP contribution in [-0.2, 0) is 6.54 Å². The van der Waals surface area contributed by atoms with Gasteiger partial charge in [-0.3, -0.25) is 19.1 Å². The minimum absolute atomic E-state index is 0.0690. The lowest BCUT2D eigenvalue weighted by Crippen LogP contribution is -2.28. The summed E-state index contributed by atoms with van der Waals surface area (Å²) in [5.41, 5.74) is 0.739. The quantitative estimate of drug-likeness (QED) is 0.468. The molecule has 2 aromatic heterocycles. The zero-order valence-electron chi connectivity index (χ0n) is 16.1. The Morgan fingerprint density at radius 3 is 2.68 bits per heavy atom. The van der Waals surface area contributed by atoms with Crippen molar-refractivity contribution in [2.24, 2.45) is 0 Å². The second-order valence-electron chi connectivity index (χ2n) is 6.42. The number of nitrogens with one attached hydrogen (secondary N) is 2. The number of amides is 1. The van der Waals surface area contributed by atoms with Crippen LogP contribution >= 0.6 is 0 Å². The molecule has 10 nitrogen and oxygen atoms in total. The number of aromatic nitrogens is 4. The first-order valence-electron chi connectivity index (χ1n) is 9.32. The third kappa shape index (κ3) is 4.93. The van der Waals surface area contributed by atoms with Crippen molar-refractivity contribution < 1.29 is 14.1 Å². The first kappa shape index (κ1) is 19.8. The molecule has 156 valence electrons. The predicted octanol–water partition coefficient (Wildman–Crippen LogP) is 1.92. The third-order valence-corrected chi connectivity index (χ3v) is 4.25. The summed E-state index contributed by atoms with van der Waals surface area (Å²) in [6, 6.07) is 18.5. The normalized spacial score (nSPS) is 10.6. The number of carbonyl (C=O) groups is 1. The van der Waals surface area contributed by atoms with Gasteiger partial charge in [-0.25, -0.2) is 9.48 Å². The maximum atomic E-state index is 12.6. The van der Waals surface area contributed by atoms with Gasteiger partial charge in [0.25, 0.3) is 11.5 Å². The van der Waals surface area contributed by atoms with Gasteiger partial charge in [-0.05, 0) is 30.3 Å². The molecule has 4 aromatic rings. The molecule has 2 N–H and O–H groups in total. The van der Waals surface area contributed by atoms with Gasteiger partial charge < -0.3 is 10.1 Å². The van der Waals surface area contributed by atoms with Gasteiger partial charge in [0.1, 0.15) is 18.1 Å². The van der Waals surface area contributed by atoms with E-state index in [-0.39, 0.29) is 30.2 Å². The average molecular weight is 419 g/mol. The standard InChI is InChI=1S/C21H17N5O5/c27-18-10-9-17(24-26(18)11-12-30-16-7-2-1-3-8-16)20(28)22-15-6-4-5-14(13-15)19-23-21(29)31-25-19/h1-10,13H,11-12H2,(H,22,28)(H,23,25,29). The molecule has 10 heteroatoms. The van der Waals surface area contributed by atoms with Crippen LogP contribution in [0.5, 0.6) is 5.75 Å². The smallest absolute Gasteiger partial charge is 0.439 e. The van der Waals surface area contributed by atoms with Crippen molar-refractivity contribution >= 4 is 11.6 Å². The first-order valence-corrected chi connectivity index (χ1v) is 9.32. The Balaban J connectivity index is 1.44. The van der Waals surface area contributed by atoms with E-state index in [1.54, 1.807) is 24.3 Å². The molecular formula is C21H17N5O5. The van der Waals surface area contributed by atoms with Crippen molar-refractivity contribution in [3.63, 3.8) is 0 Å². The number of benzene rings is 2. The van der Waals surface area contributed by atoms with Crippen LogP contribution < -0.4 is 21.4 Å². The molecule has 2 aromatic carbocycles. The minimum atomic E-state index is -0.674. The van der Waals surface area contributed by atoms with Crippen LogP contribution in [0.2, 0.25) is 0 Å². The van der Waals surface area contributed by atoms with E-state index in [9.17, 15) is 14.4 Å². The summed E-state index contributed by atoms with van der Waals surface area (Å²) in [5.74, 6) is -0.250. The summed E-state index contributed by atoms with van der Waals surface area (Å²) >= 11 is 0. The topological polar surface area (TPSA) is 132 Å². The van der Waals surface area contributed by atoms with Gasteiger partial charge >= 0.3 is 5.76 Å². The van der Waals surface area contributed by atoms with Crippen LogP contribution in [0.25, 0.3) is 11.4 Å². The zero-order valence-corrected chi connectivity index (χ0v) is 16.1. The van der Waals surface area contributed by atoms with Crippen molar-refractivity contribution in [2.45, 2.75) is 6.54 Å². The second-order valence-corrected chi connectivity index (χ2v) is 6.42. The Bertz CT molecular complexity index is 1310. The number of rotatable bonds is 7. The van der Waals surface area contributed by atoms with Gasteiger partial charge in [-0.15, -0.1) is 0 Å². The highest BCUT2D eigenvalue weighted by molar-refractivity contribution is 6.02. The number of H-pyrrole nitrogens is 1. The molecule has 0 atom stereocenters. The number of para-hydroxylation sites is 1. The number of aromatic amines is 1. The number of ether oxygens (including phenoxy) is 1. The van der Waals surface area contributed by atoms with E-state index in [1.165, 1.54) is 16.8 Å². The molecule has 31 heavy (non-hydrogen) atoms. The van der Waals surface area contributed by atoms with Crippen LogP contribution in [0.3, 0.4) is 0 Å². The predicted molar refractivity (Wildman–Crippen MR) is 111 cm³/mol. The molecule has 0 saturated heterocycles. The molecular weight excluding hydrogens is 402 g/mol. The Labute approximate surface area is 175 Å². The second kappa shape index (κ2) is 8.91. The lowest BCUT2D eigenvalue weighted by Gasteiger charge is -2.09. The molecule has 0 aliphatic rings. The highest BCUT2D eigenvalue weighted by Gasteiger charge is 2.12. The molecule has 2 heterocycles. The lowest BCUT2D eigenvalue weighted by molar-refractivity contribution is 0.101. The van der Waals surface area contributed by atoms with Crippen LogP contribution in [0, 0.1) is 0 Å². The highest BCUT2D eigenvalue weighted by Crippen LogP contribution is 2.18. The minimum Gasteiger partial charge on any atom is -0.492 e.